The number of rotatable bonds is 7. The average Bonchev–Trinajstić information content (AvgIpc) is 2.44. The fraction of sp³-hybridized carbons (Fsp3) is 0.533. The van der Waals surface area contributed by atoms with E-state index in [1.54, 1.807) is 32.4 Å². The Morgan fingerprint density at radius 2 is 2.00 bits per heavy atom. The Morgan fingerprint density at radius 3 is 2.55 bits per heavy atom. The molecule has 112 valence electrons. The molecule has 1 rings (SSSR count). The van der Waals surface area contributed by atoms with Gasteiger partial charge in [0.15, 0.2) is 0 Å². The molecule has 1 aromatic carbocycles. The summed E-state index contributed by atoms with van der Waals surface area (Å²) in [5.74, 6) is 1.03. The van der Waals surface area contributed by atoms with E-state index in [-0.39, 0.29) is 11.3 Å². The lowest BCUT2D eigenvalue weighted by Gasteiger charge is -2.24. The molecule has 0 unspecified atom stereocenters. The summed E-state index contributed by atoms with van der Waals surface area (Å²) in [7, 11) is 3.12. The maximum atomic E-state index is 12.3. The van der Waals surface area contributed by atoms with Gasteiger partial charge in [0.1, 0.15) is 11.5 Å². The van der Waals surface area contributed by atoms with Crippen molar-refractivity contribution in [2.75, 3.05) is 26.1 Å². The van der Waals surface area contributed by atoms with Crippen molar-refractivity contribution < 1.29 is 14.3 Å². The van der Waals surface area contributed by atoms with Gasteiger partial charge in [0, 0.05) is 11.9 Å². The summed E-state index contributed by atoms with van der Waals surface area (Å²) in [5.41, 5.74) is 0.534. The number of benzene rings is 1. The zero-order chi connectivity index (χ0) is 15.2. The van der Waals surface area contributed by atoms with Crippen molar-refractivity contribution in [1.82, 2.24) is 5.32 Å². The molecule has 0 bridgehead atoms. The number of carbonyl (C=O) groups is 1. The van der Waals surface area contributed by atoms with Crippen molar-refractivity contribution >= 4 is 21.8 Å². The molecule has 0 saturated carbocycles. The van der Waals surface area contributed by atoms with E-state index in [2.05, 4.69) is 35.1 Å². The molecule has 5 heteroatoms. The first kappa shape index (κ1) is 16.8. The van der Waals surface area contributed by atoms with Gasteiger partial charge in [-0.2, -0.15) is 0 Å². The summed E-state index contributed by atoms with van der Waals surface area (Å²) in [4.78, 5) is 12.3. The Morgan fingerprint density at radius 1 is 1.30 bits per heavy atom. The summed E-state index contributed by atoms with van der Waals surface area (Å²) in [6.45, 7) is 4.85. The molecule has 0 heterocycles. The number of amides is 1. The number of ether oxygens (including phenoxy) is 2. The molecule has 0 fully saturated rings. The van der Waals surface area contributed by atoms with E-state index in [1.165, 1.54) is 0 Å². The number of halogens is 1. The SMILES string of the molecule is COc1ccc(OC)c(C(=O)NCC(C)(C)CCBr)c1. The lowest BCUT2D eigenvalue weighted by Crippen LogP contribution is -2.34. The molecular weight excluding hydrogens is 322 g/mol. The standard InChI is InChI=1S/C15H22BrNO3/c1-15(2,7-8-16)10-17-14(18)12-9-11(19-3)5-6-13(12)20-4/h5-6,9H,7-8,10H2,1-4H3,(H,17,18). The Kier molecular flexibility index (Phi) is 6.33. The van der Waals surface area contributed by atoms with E-state index in [1.807, 2.05) is 0 Å². The summed E-state index contributed by atoms with van der Waals surface area (Å²) in [6, 6.07) is 5.19. The molecule has 0 aliphatic carbocycles. The minimum Gasteiger partial charge on any atom is -0.497 e. The van der Waals surface area contributed by atoms with E-state index in [0.717, 1.165) is 11.8 Å². The average molecular weight is 344 g/mol. The lowest BCUT2D eigenvalue weighted by molar-refractivity contribution is 0.0932. The molecule has 20 heavy (non-hydrogen) atoms. The summed E-state index contributed by atoms with van der Waals surface area (Å²) < 4.78 is 10.4. The van der Waals surface area contributed by atoms with Gasteiger partial charge in [-0.15, -0.1) is 0 Å². The monoisotopic (exact) mass is 343 g/mol. The van der Waals surface area contributed by atoms with Crippen molar-refractivity contribution in [2.24, 2.45) is 5.41 Å². The molecule has 0 radical (unpaired) electrons. The van der Waals surface area contributed by atoms with E-state index < -0.39 is 0 Å². The van der Waals surface area contributed by atoms with Crippen LogP contribution in [0.25, 0.3) is 0 Å². The second-order valence-corrected chi connectivity index (χ2v) is 6.15. The van der Waals surface area contributed by atoms with Gasteiger partial charge >= 0.3 is 0 Å². The van der Waals surface area contributed by atoms with Crippen LogP contribution in [-0.2, 0) is 0 Å². The molecule has 0 aromatic heterocycles. The normalized spacial score (nSPS) is 11.1. The van der Waals surface area contributed by atoms with E-state index in [0.29, 0.717) is 23.6 Å². The van der Waals surface area contributed by atoms with Gasteiger partial charge in [0.25, 0.3) is 5.91 Å². The Hall–Kier alpha value is -1.23. The molecule has 0 aliphatic heterocycles. The van der Waals surface area contributed by atoms with Crippen molar-refractivity contribution in [1.29, 1.82) is 0 Å². The zero-order valence-corrected chi connectivity index (χ0v) is 14.0. The first-order valence-electron chi connectivity index (χ1n) is 6.49. The maximum Gasteiger partial charge on any atom is 0.255 e. The highest BCUT2D eigenvalue weighted by Gasteiger charge is 2.20. The van der Waals surface area contributed by atoms with E-state index >= 15 is 0 Å². The highest BCUT2D eigenvalue weighted by molar-refractivity contribution is 9.09. The van der Waals surface area contributed by atoms with Crippen LogP contribution in [0, 0.1) is 5.41 Å². The fourth-order valence-corrected chi connectivity index (χ4v) is 2.82. The van der Waals surface area contributed by atoms with Crippen molar-refractivity contribution in [3.05, 3.63) is 23.8 Å². The predicted molar refractivity (Wildman–Crippen MR) is 84.1 cm³/mol. The lowest BCUT2D eigenvalue weighted by atomic mass is 9.90. The highest BCUT2D eigenvalue weighted by Crippen LogP contribution is 2.25. The van der Waals surface area contributed by atoms with Gasteiger partial charge in [-0.25, -0.2) is 0 Å². The number of hydrogen-bond donors (Lipinski definition) is 1. The molecule has 1 amide bonds. The number of hydrogen-bond acceptors (Lipinski definition) is 3. The zero-order valence-electron chi connectivity index (χ0n) is 12.5. The Labute approximate surface area is 129 Å². The van der Waals surface area contributed by atoms with Gasteiger partial charge in [-0.1, -0.05) is 29.8 Å². The Bertz CT molecular complexity index is 460. The second kappa shape index (κ2) is 7.53. The van der Waals surface area contributed by atoms with Gasteiger partial charge < -0.3 is 14.8 Å². The largest absolute Gasteiger partial charge is 0.497 e. The summed E-state index contributed by atoms with van der Waals surface area (Å²) >= 11 is 3.43. The minimum atomic E-state index is -0.150. The number of alkyl halides is 1. The second-order valence-electron chi connectivity index (χ2n) is 5.35. The molecule has 1 aromatic rings. The number of carbonyl (C=O) groups excluding carboxylic acids is 1. The molecule has 4 nitrogen and oxygen atoms in total. The van der Waals surface area contributed by atoms with Crippen molar-refractivity contribution in [2.45, 2.75) is 20.3 Å². The number of nitrogens with one attached hydrogen (secondary N) is 1. The number of methoxy groups -OCH3 is 2. The molecule has 1 N–H and O–H groups in total. The quantitative estimate of drug-likeness (QED) is 0.773. The van der Waals surface area contributed by atoms with Crippen LogP contribution in [0.3, 0.4) is 0 Å². The maximum absolute atomic E-state index is 12.3. The van der Waals surface area contributed by atoms with Crippen molar-refractivity contribution in [3.8, 4) is 11.5 Å². The van der Waals surface area contributed by atoms with E-state index in [9.17, 15) is 4.79 Å². The highest BCUT2D eigenvalue weighted by atomic mass is 79.9. The summed E-state index contributed by atoms with van der Waals surface area (Å²) in [6.07, 6.45) is 0.989. The van der Waals surface area contributed by atoms with Crippen LogP contribution in [-0.4, -0.2) is 32.0 Å². The molecule has 0 aliphatic rings. The van der Waals surface area contributed by atoms with Crippen LogP contribution < -0.4 is 14.8 Å². The van der Waals surface area contributed by atoms with Gasteiger partial charge in [-0.05, 0) is 30.0 Å². The predicted octanol–water partition coefficient (Wildman–Crippen LogP) is 3.24. The molecule has 0 atom stereocenters. The smallest absolute Gasteiger partial charge is 0.255 e. The van der Waals surface area contributed by atoms with Gasteiger partial charge in [0.2, 0.25) is 0 Å². The fourth-order valence-electron chi connectivity index (χ4n) is 1.75. The van der Waals surface area contributed by atoms with Crippen LogP contribution in [0.1, 0.15) is 30.6 Å². The van der Waals surface area contributed by atoms with Crippen LogP contribution in [0.4, 0.5) is 0 Å². The van der Waals surface area contributed by atoms with Crippen molar-refractivity contribution in [3.63, 3.8) is 0 Å². The van der Waals surface area contributed by atoms with Gasteiger partial charge in [0.05, 0.1) is 19.8 Å². The summed E-state index contributed by atoms with van der Waals surface area (Å²) in [5, 5.41) is 3.87. The first-order chi connectivity index (χ1) is 9.43. The third-order valence-electron chi connectivity index (χ3n) is 3.15. The van der Waals surface area contributed by atoms with Crippen LogP contribution in [0.15, 0.2) is 18.2 Å². The minimum absolute atomic E-state index is 0.0469. The first-order valence-corrected chi connectivity index (χ1v) is 7.62. The Balaban J connectivity index is 2.81. The molecule has 0 spiro atoms. The third kappa shape index (κ3) is 4.71. The van der Waals surface area contributed by atoms with Crippen LogP contribution in [0.2, 0.25) is 0 Å². The third-order valence-corrected chi connectivity index (χ3v) is 3.55. The van der Waals surface area contributed by atoms with Crippen LogP contribution in [0.5, 0.6) is 11.5 Å². The van der Waals surface area contributed by atoms with E-state index in [4.69, 9.17) is 9.47 Å². The topological polar surface area (TPSA) is 47.6 Å². The van der Waals surface area contributed by atoms with Crippen LogP contribution >= 0.6 is 15.9 Å². The molecule has 0 saturated heterocycles. The van der Waals surface area contributed by atoms with Gasteiger partial charge in [-0.3, -0.25) is 4.79 Å². The molecular formula is C15H22BrNO3.